The van der Waals surface area contributed by atoms with Gasteiger partial charge in [-0.15, -0.1) is 0 Å². The lowest BCUT2D eigenvalue weighted by Crippen LogP contribution is -2.51. The molecule has 0 aromatic heterocycles. The predicted octanol–water partition coefficient (Wildman–Crippen LogP) is 2.95. The van der Waals surface area contributed by atoms with Crippen LogP contribution in [0, 0.1) is 5.92 Å². The minimum atomic E-state index is -0.113. The van der Waals surface area contributed by atoms with Gasteiger partial charge in [0.25, 0.3) is 11.8 Å². The first-order valence-electron chi connectivity index (χ1n) is 8.97. The van der Waals surface area contributed by atoms with E-state index in [2.05, 4.69) is 29.2 Å². The zero-order valence-corrected chi connectivity index (χ0v) is 14.0. The van der Waals surface area contributed by atoms with Gasteiger partial charge in [0, 0.05) is 19.1 Å². The highest BCUT2D eigenvalue weighted by atomic mass is 16.2. The van der Waals surface area contributed by atoms with E-state index in [1.807, 2.05) is 18.2 Å². The third kappa shape index (κ3) is 2.24. The van der Waals surface area contributed by atoms with Crippen molar-refractivity contribution in [2.45, 2.75) is 31.5 Å². The van der Waals surface area contributed by atoms with Crippen molar-refractivity contribution in [2.75, 3.05) is 6.54 Å². The van der Waals surface area contributed by atoms with Gasteiger partial charge in [0.15, 0.2) is 0 Å². The number of carbonyl (C=O) groups is 2. The molecule has 0 unspecified atom stereocenters. The van der Waals surface area contributed by atoms with Gasteiger partial charge in [0.1, 0.15) is 0 Å². The number of hydrogen-bond acceptors (Lipinski definition) is 3. The van der Waals surface area contributed by atoms with Crippen molar-refractivity contribution in [1.82, 2.24) is 9.80 Å². The molecule has 2 aliphatic heterocycles. The summed E-state index contributed by atoms with van der Waals surface area (Å²) in [6.45, 7) is 1.96. The molecule has 3 atom stereocenters. The Kier molecular flexibility index (Phi) is 3.28. The molecule has 2 heterocycles. The average molecular weight is 332 g/mol. The van der Waals surface area contributed by atoms with Gasteiger partial charge in [-0.1, -0.05) is 42.5 Å². The van der Waals surface area contributed by atoms with Crippen molar-refractivity contribution in [3.63, 3.8) is 0 Å². The molecule has 0 radical (unpaired) electrons. The summed E-state index contributed by atoms with van der Waals surface area (Å²) in [5.41, 5.74) is 2.41. The summed E-state index contributed by atoms with van der Waals surface area (Å²) in [5, 5.41) is 0. The summed E-state index contributed by atoms with van der Waals surface area (Å²) in [5.74, 6) is 0.360. The number of rotatable bonds is 3. The van der Waals surface area contributed by atoms with E-state index in [9.17, 15) is 9.59 Å². The largest absolute Gasteiger partial charge is 0.294 e. The highest BCUT2D eigenvalue weighted by Crippen LogP contribution is 2.43. The average Bonchev–Trinajstić information content (AvgIpc) is 3.29. The van der Waals surface area contributed by atoms with Crippen LogP contribution in [0.4, 0.5) is 0 Å². The van der Waals surface area contributed by atoms with Crippen LogP contribution in [0.25, 0.3) is 0 Å². The van der Waals surface area contributed by atoms with Gasteiger partial charge >= 0.3 is 0 Å². The Morgan fingerprint density at radius 2 is 1.40 bits per heavy atom. The molecular formula is C21H20N2O2. The monoisotopic (exact) mass is 332 g/mol. The quantitative estimate of drug-likeness (QED) is 0.812. The predicted molar refractivity (Wildman–Crippen MR) is 94.1 cm³/mol. The lowest BCUT2D eigenvalue weighted by atomic mass is 10.0. The highest BCUT2D eigenvalue weighted by molar-refractivity contribution is 6.21. The normalized spacial score (nSPS) is 28.0. The zero-order chi connectivity index (χ0) is 17.0. The maximum absolute atomic E-state index is 12.8. The first-order chi connectivity index (χ1) is 12.2. The standard InChI is InChI=1S/C21H20N2O2/c24-20-16-8-4-5-9-17(16)21(25)23(20)19-11-15-10-18(19)22(13-15)12-14-6-2-1-3-7-14/h1-9,15,18-19H,10-13H2/t15-,18+,19+/m1/s1. The van der Waals surface area contributed by atoms with E-state index in [0.29, 0.717) is 17.0 Å². The summed E-state index contributed by atoms with van der Waals surface area (Å²) in [6.07, 6.45) is 2.03. The molecule has 126 valence electrons. The number of piperidine rings is 1. The lowest BCUT2D eigenvalue weighted by Gasteiger charge is -2.37. The Bertz CT molecular complexity index is 813. The second-order valence-corrected chi connectivity index (χ2v) is 7.41. The van der Waals surface area contributed by atoms with Gasteiger partial charge in [-0.3, -0.25) is 19.4 Å². The van der Waals surface area contributed by atoms with Crippen LogP contribution in [-0.2, 0) is 6.54 Å². The maximum Gasteiger partial charge on any atom is 0.261 e. The molecule has 4 nitrogen and oxygen atoms in total. The zero-order valence-electron chi connectivity index (χ0n) is 14.0. The van der Waals surface area contributed by atoms with Gasteiger partial charge in [-0.2, -0.15) is 0 Å². The van der Waals surface area contributed by atoms with E-state index in [0.717, 1.165) is 25.9 Å². The molecule has 3 aliphatic rings. The summed E-state index contributed by atoms with van der Waals surface area (Å²) >= 11 is 0. The van der Waals surface area contributed by atoms with Crippen molar-refractivity contribution in [1.29, 1.82) is 0 Å². The number of nitrogens with zero attached hydrogens (tertiary/aromatic N) is 2. The Morgan fingerprint density at radius 3 is 2.04 bits per heavy atom. The van der Waals surface area contributed by atoms with E-state index in [1.54, 1.807) is 17.0 Å². The molecule has 2 aromatic carbocycles. The minimum Gasteiger partial charge on any atom is -0.294 e. The molecule has 2 aromatic rings. The number of likely N-dealkylation sites (tertiary alicyclic amines) is 1. The molecule has 25 heavy (non-hydrogen) atoms. The van der Waals surface area contributed by atoms with Crippen LogP contribution in [0.5, 0.6) is 0 Å². The molecule has 0 spiro atoms. The summed E-state index contributed by atoms with van der Waals surface area (Å²) < 4.78 is 0. The number of benzene rings is 2. The summed E-state index contributed by atoms with van der Waals surface area (Å²) in [6, 6.07) is 17.9. The first kappa shape index (κ1) is 14.8. The Morgan fingerprint density at radius 1 is 0.800 bits per heavy atom. The Hall–Kier alpha value is -2.46. The van der Waals surface area contributed by atoms with Crippen molar-refractivity contribution in [2.24, 2.45) is 5.92 Å². The molecular weight excluding hydrogens is 312 g/mol. The molecule has 1 saturated carbocycles. The van der Waals surface area contributed by atoms with E-state index in [1.165, 1.54) is 5.56 Å². The van der Waals surface area contributed by atoms with E-state index in [-0.39, 0.29) is 23.9 Å². The molecule has 5 rings (SSSR count). The minimum absolute atomic E-state index is 0.00913. The van der Waals surface area contributed by atoms with Gasteiger partial charge < -0.3 is 0 Å². The van der Waals surface area contributed by atoms with Crippen molar-refractivity contribution < 1.29 is 9.59 Å². The number of amides is 2. The van der Waals surface area contributed by atoms with Crippen molar-refractivity contribution in [3.05, 3.63) is 71.3 Å². The van der Waals surface area contributed by atoms with Gasteiger partial charge in [-0.05, 0) is 36.5 Å². The third-order valence-corrected chi connectivity index (χ3v) is 5.94. The van der Waals surface area contributed by atoms with Crippen LogP contribution < -0.4 is 0 Å². The van der Waals surface area contributed by atoms with E-state index < -0.39 is 0 Å². The second kappa shape index (κ2) is 5.53. The fourth-order valence-electron chi connectivity index (χ4n) is 4.89. The lowest BCUT2D eigenvalue weighted by molar-refractivity contribution is 0.0443. The smallest absolute Gasteiger partial charge is 0.261 e. The van der Waals surface area contributed by atoms with Crippen molar-refractivity contribution >= 4 is 11.8 Å². The fraction of sp³-hybridized carbons (Fsp3) is 0.333. The molecule has 2 amide bonds. The molecule has 4 heteroatoms. The molecule has 1 saturated heterocycles. The fourth-order valence-corrected chi connectivity index (χ4v) is 4.89. The van der Waals surface area contributed by atoms with Crippen LogP contribution in [0.15, 0.2) is 54.6 Å². The van der Waals surface area contributed by atoms with E-state index in [4.69, 9.17) is 0 Å². The molecule has 0 N–H and O–H groups in total. The summed E-state index contributed by atoms with van der Waals surface area (Å²) in [4.78, 5) is 29.6. The van der Waals surface area contributed by atoms with Crippen molar-refractivity contribution in [3.8, 4) is 0 Å². The highest BCUT2D eigenvalue weighted by Gasteiger charge is 2.52. The van der Waals surface area contributed by atoms with Crippen LogP contribution in [-0.4, -0.2) is 40.2 Å². The van der Waals surface area contributed by atoms with Crippen LogP contribution in [0.2, 0.25) is 0 Å². The molecule has 2 bridgehead atoms. The van der Waals surface area contributed by atoms with Gasteiger partial charge in [0.2, 0.25) is 0 Å². The SMILES string of the molecule is O=C1c2ccccc2C(=O)N1[C@H]1C[C@H]2C[C@@H]1N(Cc1ccccc1)C2. The van der Waals surface area contributed by atoms with Crippen LogP contribution >= 0.6 is 0 Å². The third-order valence-electron chi connectivity index (χ3n) is 5.94. The number of fused-ring (bicyclic) bond motifs is 3. The molecule has 1 aliphatic carbocycles. The Labute approximate surface area is 147 Å². The molecule has 2 fully saturated rings. The van der Waals surface area contributed by atoms with Crippen LogP contribution in [0.3, 0.4) is 0 Å². The first-order valence-corrected chi connectivity index (χ1v) is 8.97. The second-order valence-electron chi connectivity index (χ2n) is 7.41. The topological polar surface area (TPSA) is 40.6 Å². The number of carbonyl (C=O) groups excluding carboxylic acids is 2. The van der Waals surface area contributed by atoms with Crippen LogP contribution in [0.1, 0.15) is 39.1 Å². The number of imide groups is 1. The number of hydrogen-bond donors (Lipinski definition) is 0. The van der Waals surface area contributed by atoms with Gasteiger partial charge in [0.05, 0.1) is 17.2 Å². The van der Waals surface area contributed by atoms with Gasteiger partial charge in [-0.25, -0.2) is 0 Å². The summed E-state index contributed by atoms with van der Waals surface area (Å²) in [7, 11) is 0. The van der Waals surface area contributed by atoms with E-state index >= 15 is 0 Å². The Balaban J connectivity index is 1.41. The maximum atomic E-state index is 12.8.